The van der Waals surface area contributed by atoms with Crippen LogP contribution < -0.4 is 0 Å². The van der Waals surface area contributed by atoms with Gasteiger partial charge < -0.3 is 0 Å². The van der Waals surface area contributed by atoms with Gasteiger partial charge in [-0.15, -0.1) is 0 Å². The Labute approximate surface area is 114 Å². The maximum absolute atomic E-state index is 4.76. The van der Waals surface area contributed by atoms with Crippen molar-refractivity contribution in [3.63, 3.8) is 0 Å². The second-order valence-corrected chi connectivity index (χ2v) is 5.55. The highest BCUT2D eigenvalue weighted by molar-refractivity contribution is 9.10. The average molecular weight is 301 g/mol. The molecule has 2 heterocycles. The summed E-state index contributed by atoms with van der Waals surface area (Å²) in [5.74, 6) is 0.428. The van der Waals surface area contributed by atoms with E-state index in [9.17, 15) is 0 Å². The summed E-state index contributed by atoms with van der Waals surface area (Å²) in [6, 6.07) is 12.4. The molecule has 0 unspecified atom stereocenters. The Morgan fingerprint density at radius 1 is 0.833 bits per heavy atom. The summed E-state index contributed by atoms with van der Waals surface area (Å²) >= 11 is 3.43. The average Bonchev–Trinajstić information content (AvgIpc) is 2.37. The maximum atomic E-state index is 4.76. The fourth-order valence-corrected chi connectivity index (χ4v) is 2.39. The van der Waals surface area contributed by atoms with Crippen LogP contribution in [0.1, 0.15) is 25.5 Å². The molecular weight excluding hydrogens is 288 g/mol. The minimum atomic E-state index is 0.428. The lowest BCUT2D eigenvalue weighted by Crippen LogP contribution is -1.94. The van der Waals surface area contributed by atoms with E-state index < -0.39 is 0 Å². The SMILES string of the molecule is CC(C)c1ccc2ccc3ccc(Br)nc3c2n1. The zero-order chi connectivity index (χ0) is 12.7. The second kappa shape index (κ2) is 4.32. The van der Waals surface area contributed by atoms with E-state index in [2.05, 4.69) is 65.1 Å². The first kappa shape index (κ1) is 11.6. The van der Waals surface area contributed by atoms with E-state index in [0.717, 1.165) is 32.1 Å². The van der Waals surface area contributed by atoms with Crippen molar-refractivity contribution in [3.8, 4) is 0 Å². The minimum absolute atomic E-state index is 0.428. The fraction of sp³-hybridized carbons (Fsp3) is 0.200. The van der Waals surface area contributed by atoms with Crippen molar-refractivity contribution < 1.29 is 0 Å². The molecule has 0 spiro atoms. The summed E-state index contributed by atoms with van der Waals surface area (Å²) in [5, 5.41) is 2.26. The molecule has 0 saturated carbocycles. The van der Waals surface area contributed by atoms with E-state index >= 15 is 0 Å². The molecule has 0 aliphatic carbocycles. The topological polar surface area (TPSA) is 25.8 Å². The van der Waals surface area contributed by atoms with Crippen LogP contribution in [0.25, 0.3) is 21.8 Å². The number of hydrogen-bond donors (Lipinski definition) is 0. The highest BCUT2D eigenvalue weighted by Gasteiger charge is 2.07. The molecule has 3 heteroatoms. The third-order valence-electron chi connectivity index (χ3n) is 3.10. The largest absolute Gasteiger partial charge is 0.250 e. The summed E-state index contributed by atoms with van der Waals surface area (Å²) < 4.78 is 0.847. The lowest BCUT2D eigenvalue weighted by molar-refractivity contribution is 0.830. The van der Waals surface area contributed by atoms with Gasteiger partial charge >= 0.3 is 0 Å². The van der Waals surface area contributed by atoms with Crippen LogP contribution in [0.4, 0.5) is 0 Å². The molecule has 0 aliphatic heterocycles. The third kappa shape index (κ3) is 1.89. The van der Waals surface area contributed by atoms with E-state index in [-0.39, 0.29) is 0 Å². The molecule has 0 amide bonds. The van der Waals surface area contributed by atoms with Crippen LogP contribution in [-0.2, 0) is 0 Å². The molecule has 1 aromatic carbocycles. The smallest absolute Gasteiger partial charge is 0.106 e. The van der Waals surface area contributed by atoms with Crippen LogP contribution in [0.3, 0.4) is 0 Å². The van der Waals surface area contributed by atoms with Gasteiger partial charge in [0.05, 0.1) is 11.0 Å². The number of fused-ring (bicyclic) bond motifs is 3. The van der Waals surface area contributed by atoms with Gasteiger partial charge in [0.1, 0.15) is 4.60 Å². The maximum Gasteiger partial charge on any atom is 0.106 e. The first-order chi connectivity index (χ1) is 8.65. The van der Waals surface area contributed by atoms with E-state index in [1.807, 2.05) is 6.07 Å². The van der Waals surface area contributed by atoms with Gasteiger partial charge in [-0.1, -0.05) is 38.1 Å². The van der Waals surface area contributed by atoms with Gasteiger partial charge in [0.25, 0.3) is 0 Å². The molecule has 3 rings (SSSR count). The number of aromatic nitrogens is 2. The lowest BCUT2D eigenvalue weighted by Gasteiger charge is -2.08. The van der Waals surface area contributed by atoms with Crippen LogP contribution in [0.15, 0.2) is 41.0 Å². The van der Waals surface area contributed by atoms with Crippen LogP contribution in [-0.4, -0.2) is 9.97 Å². The van der Waals surface area contributed by atoms with Crippen molar-refractivity contribution in [2.75, 3.05) is 0 Å². The molecule has 0 fully saturated rings. The van der Waals surface area contributed by atoms with Gasteiger partial charge in [-0.3, -0.25) is 4.98 Å². The Morgan fingerprint density at radius 2 is 1.39 bits per heavy atom. The predicted octanol–water partition coefficient (Wildman–Crippen LogP) is 4.67. The Bertz CT molecular complexity index is 735. The summed E-state index contributed by atoms with van der Waals surface area (Å²) in [6.07, 6.45) is 0. The molecule has 0 saturated heterocycles. The molecule has 2 aromatic heterocycles. The highest BCUT2D eigenvalue weighted by atomic mass is 79.9. The Balaban J connectivity index is 2.42. The second-order valence-electron chi connectivity index (χ2n) is 4.73. The minimum Gasteiger partial charge on any atom is -0.250 e. The molecular formula is C15H13BrN2. The molecule has 0 aliphatic rings. The molecule has 18 heavy (non-hydrogen) atoms. The van der Waals surface area contributed by atoms with Crippen molar-refractivity contribution in [1.82, 2.24) is 9.97 Å². The number of hydrogen-bond acceptors (Lipinski definition) is 2. The van der Waals surface area contributed by atoms with Gasteiger partial charge in [0, 0.05) is 16.5 Å². The molecule has 0 atom stereocenters. The molecule has 0 radical (unpaired) electrons. The van der Waals surface area contributed by atoms with Crippen molar-refractivity contribution in [2.24, 2.45) is 0 Å². The normalized spacial score (nSPS) is 11.6. The number of benzene rings is 1. The molecule has 2 nitrogen and oxygen atoms in total. The monoisotopic (exact) mass is 300 g/mol. The van der Waals surface area contributed by atoms with E-state index in [4.69, 9.17) is 4.98 Å². The number of rotatable bonds is 1. The van der Waals surface area contributed by atoms with Gasteiger partial charge in [-0.05, 0) is 34.0 Å². The van der Waals surface area contributed by atoms with Crippen molar-refractivity contribution in [2.45, 2.75) is 19.8 Å². The Hall–Kier alpha value is -1.48. The molecule has 0 N–H and O–H groups in total. The Morgan fingerprint density at radius 3 is 2.06 bits per heavy atom. The van der Waals surface area contributed by atoms with Crippen molar-refractivity contribution >= 4 is 37.7 Å². The summed E-state index contributed by atoms with van der Waals surface area (Å²) in [6.45, 7) is 4.31. The summed E-state index contributed by atoms with van der Waals surface area (Å²) in [5.41, 5.74) is 3.06. The van der Waals surface area contributed by atoms with Crippen molar-refractivity contribution in [1.29, 1.82) is 0 Å². The first-order valence-corrected chi connectivity index (χ1v) is 6.80. The van der Waals surface area contributed by atoms with Gasteiger partial charge in [0.15, 0.2) is 0 Å². The van der Waals surface area contributed by atoms with Gasteiger partial charge in [0.2, 0.25) is 0 Å². The van der Waals surface area contributed by atoms with E-state index in [1.54, 1.807) is 0 Å². The third-order valence-corrected chi connectivity index (χ3v) is 3.54. The fourth-order valence-electron chi connectivity index (χ4n) is 2.08. The van der Waals surface area contributed by atoms with Crippen LogP contribution in [0.5, 0.6) is 0 Å². The van der Waals surface area contributed by atoms with Crippen LogP contribution >= 0.6 is 15.9 Å². The summed E-state index contributed by atoms with van der Waals surface area (Å²) in [7, 11) is 0. The number of nitrogens with zero attached hydrogens (tertiary/aromatic N) is 2. The van der Waals surface area contributed by atoms with E-state index in [0.29, 0.717) is 5.92 Å². The first-order valence-electron chi connectivity index (χ1n) is 6.01. The number of pyridine rings is 2. The molecule has 3 aromatic rings. The van der Waals surface area contributed by atoms with Crippen LogP contribution in [0, 0.1) is 0 Å². The van der Waals surface area contributed by atoms with Crippen LogP contribution in [0.2, 0.25) is 0 Å². The summed E-state index contributed by atoms with van der Waals surface area (Å²) in [4.78, 5) is 9.32. The standard InChI is InChI=1S/C15H13BrN2/c1-9(2)12-7-5-10-3-4-11-6-8-13(16)18-15(11)14(10)17-12/h3-9H,1-2H3. The zero-order valence-electron chi connectivity index (χ0n) is 10.3. The predicted molar refractivity (Wildman–Crippen MR) is 78.8 cm³/mol. The van der Waals surface area contributed by atoms with E-state index in [1.165, 1.54) is 0 Å². The zero-order valence-corrected chi connectivity index (χ0v) is 11.9. The Kier molecular flexibility index (Phi) is 2.78. The highest BCUT2D eigenvalue weighted by Crippen LogP contribution is 2.25. The lowest BCUT2D eigenvalue weighted by atomic mass is 10.1. The molecule has 90 valence electrons. The quantitative estimate of drug-likeness (QED) is 0.482. The van der Waals surface area contributed by atoms with Gasteiger partial charge in [-0.2, -0.15) is 0 Å². The van der Waals surface area contributed by atoms with Gasteiger partial charge in [-0.25, -0.2) is 4.98 Å². The number of halogens is 1. The van der Waals surface area contributed by atoms with Crippen molar-refractivity contribution in [3.05, 3.63) is 46.7 Å². The molecule has 0 bridgehead atoms.